The summed E-state index contributed by atoms with van der Waals surface area (Å²) in [6.07, 6.45) is 2.00. The Morgan fingerprint density at radius 3 is 2.26 bits per heavy atom. The van der Waals surface area contributed by atoms with Crippen molar-refractivity contribution in [1.29, 1.82) is 0 Å². The van der Waals surface area contributed by atoms with Crippen molar-refractivity contribution in [3.05, 3.63) is 96.6 Å². The molecule has 8 nitrogen and oxygen atoms in total. The zero-order valence-electron chi connectivity index (χ0n) is 21.2. The third-order valence-electron chi connectivity index (χ3n) is 6.83. The third-order valence-corrected chi connectivity index (χ3v) is 6.83. The van der Waals surface area contributed by atoms with E-state index in [1.54, 1.807) is 6.07 Å². The first kappa shape index (κ1) is 25.2. The van der Waals surface area contributed by atoms with Crippen LogP contribution in [0.1, 0.15) is 18.4 Å². The van der Waals surface area contributed by atoms with Crippen molar-refractivity contribution in [3.8, 4) is 11.3 Å². The number of carbonyl (C=O) groups excluding carboxylic acids is 1. The minimum Gasteiger partial charge on any atom is -0.396 e. The molecule has 0 unspecified atom stereocenters. The summed E-state index contributed by atoms with van der Waals surface area (Å²) in [6.45, 7) is 2.76. The fourth-order valence-corrected chi connectivity index (χ4v) is 4.69. The smallest absolute Gasteiger partial charge is 0.324 e. The Labute approximate surface area is 222 Å². The highest BCUT2D eigenvalue weighted by atomic mass is 16.3. The number of urea groups is 1. The van der Waals surface area contributed by atoms with Crippen molar-refractivity contribution in [1.82, 2.24) is 10.2 Å². The van der Waals surface area contributed by atoms with Gasteiger partial charge in [-0.05, 0) is 54.7 Å². The number of aliphatic hydroxyl groups excluding tert-OH is 1. The SMILES string of the molecule is O=C(Nc1ccc(-c2ccccc2)nn1)Nc1ccccc1NCc1ccccc1N1CCC(CO)CC1. The van der Waals surface area contributed by atoms with Gasteiger partial charge in [0.05, 0.1) is 17.1 Å². The van der Waals surface area contributed by atoms with Crippen LogP contribution in [0, 0.1) is 5.92 Å². The normalized spacial score (nSPS) is 13.7. The lowest BCUT2D eigenvalue weighted by Crippen LogP contribution is -2.35. The summed E-state index contributed by atoms with van der Waals surface area (Å²) in [6, 6.07) is 28.9. The molecule has 5 rings (SSSR count). The van der Waals surface area contributed by atoms with Crippen LogP contribution in [0.15, 0.2) is 91.0 Å². The molecular weight excluding hydrogens is 476 g/mol. The summed E-state index contributed by atoms with van der Waals surface area (Å²) in [5.41, 5.74) is 5.58. The second-order valence-corrected chi connectivity index (χ2v) is 9.39. The van der Waals surface area contributed by atoms with Gasteiger partial charge >= 0.3 is 6.03 Å². The van der Waals surface area contributed by atoms with Gasteiger partial charge in [-0.1, -0.05) is 60.7 Å². The standard InChI is InChI=1S/C30H32N6O2/c37-21-22-16-18-36(19-17-22)28-13-7-4-10-24(28)20-31-26-11-5-6-12-27(26)32-30(38)33-29-15-14-25(34-35-29)23-8-2-1-3-9-23/h1-15,22,31,37H,16-21H2,(H2,32,33,35,38). The van der Waals surface area contributed by atoms with Gasteiger partial charge in [0.2, 0.25) is 0 Å². The maximum Gasteiger partial charge on any atom is 0.324 e. The quantitative estimate of drug-likeness (QED) is 0.247. The molecule has 4 aromatic rings. The minimum atomic E-state index is -0.395. The van der Waals surface area contributed by atoms with Gasteiger partial charge < -0.3 is 20.6 Å². The lowest BCUT2D eigenvalue weighted by atomic mass is 9.97. The van der Waals surface area contributed by atoms with Gasteiger partial charge in [0.1, 0.15) is 0 Å². The molecule has 1 aliphatic heterocycles. The summed E-state index contributed by atoms with van der Waals surface area (Å²) < 4.78 is 0. The Morgan fingerprint density at radius 2 is 1.53 bits per heavy atom. The first-order chi connectivity index (χ1) is 18.7. The zero-order valence-corrected chi connectivity index (χ0v) is 21.2. The van der Waals surface area contributed by atoms with Crippen LogP contribution in [-0.2, 0) is 6.54 Å². The first-order valence-corrected chi connectivity index (χ1v) is 12.9. The molecule has 8 heteroatoms. The number of nitrogens with one attached hydrogen (secondary N) is 3. The summed E-state index contributed by atoms with van der Waals surface area (Å²) >= 11 is 0. The first-order valence-electron chi connectivity index (χ1n) is 12.9. The molecule has 1 aromatic heterocycles. The Kier molecular flexibility index (Phi) is 8.10. The van der Waals surface area contributed by atoms with E-state index in [1.165, 1.54) is 11.3 Å². The molecule has 1 aliphatic rings. The van der Waals surface area contributed by atoms with E-state index in [2.05, 4.69) is 49.2 Å². The van der Waals surface area contributed by atoms with E-state index in [-0.39, 0.29) is 6.61 Å². The molecule has 1 fully saturated rings. The molecule has 2 amide bonds. The van der Waals surface area contributed by atoms with Crippen LogP contribution in [0.4, 0.5) is 27.7 Å². The number of piperidine rings is 1. The molecule has 38 heavy (non-hydrogen) atoms. The van der Waals surface area contributed by atoms with Crippen molar-refractivity contribution in [3.63, 3.8) is 0 Å². The highest BCUT2D eigenvalue weighted by Gasteiger charge is 2.20. The molecule has 0 radical (unpaired) electrons. The molecule has 0 aliphatic carbocycles. The maximum atomic E-state index is 12.7. The summed E-state index contributed by atoms with van der Waals surface area (Å²) in [4.78, 5) is 15.1. The molecule has 3 aromatic carbocycles. The average Bonchev–Trinajstić information content (AvgIpc) is 2.98. The van der Waals surface area contributed by atoms with Crippen LogP contribution in [-0.4, -0.2) is 41.0 Å². The topological polar surface area (TPSA) is 102 Å². The number of rotatable bonds is 8. The lowest BCUT2D eigenvalue weighted by Gasteiger charge is -2.34. The number of hydrogen-bond acceptors (Lipinski definition) is 6. The van der Waals surface area contributed by atoms with E-state index in [9.17, 15) is 9.90 Å². The number of amides is 2. The van der Waals surface area contributed by atoms with Crippen molar-refractivity contribution in [2.45, 2.75) is 19.4 Å². The highest BCUT2D eigenvalue weighted by Crippen LogP contribution is 2.28. The largest absolute Gasteiger partial charge is 0.396 e. The zero-order chi connectivity index (χ0) is 26.2. The van der Waals surface area contributed by atoms with Gasteiger partial charge in [0.15, 0.2) is 5.82 Å². The number of aliphatic hydroxyl groups is 1. The highest BCUT2D eigenvalue weighted by molar-refractivity contribution is 6.01. The molecular formula is C30H32N6O2. The van der Waals surface area contributed by atoms with E-state index in [0.717, 1.165) is 42.9 Å². The fraction of sp³-hybridized carbons (Fsp3) is 0.233. The van der Waals surface area contributed by atoms with Gasteiger partial charge in [0.25, 0.3) is 0 Å². The molecule has 1 saturated heterocycles. The fourth-order valence-electron chi connectivity index (χ4n) is 4.69. The van der Waals surface area contributed by atoms with Crippen molar-refractivity contribution < 1.29 is 9.90 Å². The molecule has 0 spiro atoms. The van der Waals surface area contributed by atoms with Crippen LogP contribution in [0.3, 0.4) is 0 Å². The van der Waals surface area contributed by atoms with Gasteiger partial charge in [-0.25, -0.2) is 4.79 Å². The number of anilines is 4. The van der Waals surface area contributed by atoms with E-state index in [1.807, 2.05) is 66.7 Å². The van der Waals surface area contributed by atoms with Gasteiger partial charge in [0, 0.05) is 37.5 Å². The minimum absolute atomic E-state index is 0.264. The van der Waals surface area contributed by atoms with Gasteiger partial charge in [-0.15, -0.1) is 10.2 Å². The maximum absolute atomic E-state index is 12.7. The van der Waals surface area contributed by atoms with Gasteiger partial charge in [-0.2, -0.15) is 0 Å². The monoisotopic (exact) mass is 508 g/mol. The third kappa shape index (κ3) is 6.27. The van der Waals surface area contributed by atoms with Crippen LogP contribution in [0.25, 0.3) is 11.3 Å². The molecule has 2 heterocycles. The van der Waals surface area contributed by atoms with E-state index >= 15 is 0 Å². The predicted octanol–water partition coefficient (Wildman–Crippen LogP) is 5.61. The van der Waals surface area contributed by atoms with Crippen LogP contribution in [0.2, 0.25) is 0 Å². The van der Waals surface area contributed by atoms with Crippen molar-refractivity contribution >= 4 is 28.9 Å². The number of aromatic nitrogens is 2. The van der Waals surface area contributed by atoms with Crippen molar-refractivity contribution in [2.24, 2.45) is 5.92 Å². The Hall–Kier alpha value is -4.43. The summed E-state index contributed by atoms with van der Waals surface area (Å²) in [5.74, 6) is 0.764. The molecule has 0 saturated carbocycles. The van der Waals surface area contributed by atoms with Crippen molar-refractivity contribution in [2.75, 3.05) is 40.5 Å². The average molecular weight is 509 g/mol. The lowest BCUT2D eigenvalue weighted by molar-refractivity contribution is 0.203. The van der Waals surface area contributed by atoms with Crippen LogP contribution < -0.4 is 20.9 Å². The predicted molar refractivity (Wildman–Crippen MR) is 152 cm³/mol. The van der Waals surface area contributed by atoms with Gasteiger partial charge in [-0.3, -0.25) is 5.32 Å². The van der Waals surface area contributed by atoms with E-state index in [4.69, 9.17) is 0 Å². The number of nitrogens with zero attached hydrogens (tertiary/aromatic N) is 3. The molecule has 0 bridgehead atoms. The summed E-state index contributed by atoms with van der Waals surface area (Å²) in [5, 5.41) is 27.0. The van der Waals surface area contributed by atoms with Crippen LogP contribution in [0.5, 0.6) is 0 Å². The number of carbonyl (C=O) groups is 1. The van der Waals surface area contributed by atoms with E-state index < -0.39 is 6.03 Å². The summed E-state index contributed by atoms with van der Waals surface area (Å²) in [7, 11) is 0. The molecule has 4 N–H and O–H groups in total. The number of para-hydroxylation sites is 3. The second-order valence-electron chi connectivity index (χ2n) is 9.39. The Bertz CT molecular complexity index is 1340. The number of hydrogen-bond donors (Lipinski definition) is 4. The molecule has 194 valence electrons. The van der Waals surface area contributed by atoms with Crippen LogP contribution >= 0.6 is 0 Å². The van der Waals surface area contributed by atoms with E-state index in [0.29, 0.717) is 24.0 Å². The number of benzene rings is 3. The second kappa shape index (κ2) is 12.2. The Balaban J connectivity index is 1.21. The Morgan fingerprint density at radius 1 is 0.816 bits per heavy atom. The molecule has 0 atom stereocenters.